The first kappa shape index (κ1) is 8.90. The van der Waals surface area contributed by atoms with Crippen LogP contribution in [0.4, 0.5) is 4.79 Å². The molecule has 5 heteroatoms. The molecule has 0 fully saturated rings. The molecular formula is C5H11N3O2. The van der Waals surface area contributed by atoms with Crippen molar-refractivity contribution in [3.05, 3.63) is 0 Å². The van der Waals surface area contributed by atoms with Gasteiger partial charge < -0.3 is 0 Å². The topological polar surface area (TPSA) is 70.2 Å². The van der Waals surface area contributed by atoms with E-state index < -0.39 is 6.03 Å². The molecule has 0 aromatic carbocycles. The van der Waals surface area contributed by atoms with Gasteiger partial charge in [0, 0.05) is 13.5 Å². The largest absolute Gasteiger partial charge is 0.335 e. The zero-order chi connectivity index (χ0) is 7.98. The van der Waals surface area contributed by atoms with E-state index in [1.807, 2.05) is 12.2 Å². The summed E-state index contributed by atoms with van der Waals surface area (Å²) in [5.41, 5.74) is 4.78. The third-order valence-corrected chi connectivity index (χ3v) is 0.668. The fourth-order valence-corrected chi connectivity index (χ4v) is 0.360. The molecule has 0 unspecified atom stereocenters. The van der Waals surface area contributed by atoms with Gasteiger partial charge >= 0.3 is 6.03 Å². The lowest BCUT2D eigenvalue weighted by Crippen LogP contribution is -2.45. The molecule has 0 saturated carbocycles. The molecule has 58 valence electrons. The van der Waals surface area contributed by atoms with Crippen LogP contribution in [0.25, 0.3) is 0 Å². The Morgan fingerprint density at radius 2 is 2.00 bits per heavy atom. The zero-order valence-electron chi connectivity index (χ0n) is 6.02. The molecule has 0 aliphatic carbocycles. The number of imide groups is 1. The van der Waals surface area contributed by atoms with Crippen molar-refractivity contribution in [2.45, 2.75) is 13.8 Å². The molecule has 0 aliphatic heterocycles. The van der Waals surface area contributed by atoms with Crippen molar-refractivity contribution in [2.24, 2.45) is 0 Å². The SMILES string of the molecule is CCNNC(=O)NC(C)=O. The highest BCUT2D eigenvalue weighted by molar-refractivity contribution is 5.92. The van der Waals surface area contributed by atoms with E-state index in [0.717, 1.165) is 0 Å². The van der Waals surface area contributed by atoms with E-state index in [9.17, 15) is 9.59 Å². The summed E-state index contributed by atoms with van der Waals surface area (Å²) in [6.07, 6.45) is 0. The summed E-state index contributed by atoms with van der Waals surface area (Å²) in [7, 11) is 0. The fraction of sp³-hybridized carbons (Fsp3) is 0.600. The number of rotatable bonds is 2. The molecule has 10 heavy (non-hydrogen) atoms. The van der Waals surface area contributed by atoms with Crippen molar-refractivity contribution < 1.29 is 9.59 Å². The van der Waals surface area contributed by atoms with Gasteiger partial charge in [-0.1, -0.05) is 6.92 Å². The number of carbonyl (C=O) groups is 2. The van der Waals surface area contributed by atoms with Crippen LogP contribution in [0.3, 0.4) is 0 Å². The van der Waals surface area contributed by atoms with Crippen molar-refractivity contribution in [1.29, 1.82) is 0 Å². The van der Waals surface area contributed by atoms with Crippen LogP contribution in [-0.2, 0) is 4.79 Å². The highest BCUT2D eigenvalue weighted by Crippen LogP contribution is 1.61. The molecule has 5 nitrogen and oxygen atoms in total. The molecule has 0 aromatic heterocycles. The Morgan fingerprint density at radius 1 is 1.40 bits per heavy atom. The standard InChI is InChI=1S/C5H11N3O2/c1-3-6-8-5(10)7-4(2)9/h6H,3H2,1-2H3,(H2,7,8,9,10). The van der Waals surface area contributed by atoms with Gasteiger partial charge in [-0.2, -0.15) is 0 Å². The van der Waals surface area contributed by atoms with Gasteiger partial charge in [0.05, 0.1) is 0 Å². The highest BCUT2D eigenvalue weighted by Gasteiger charge is 1.98. The summed E-state index contributed by atoms with van der Waals surface area (Å²) < 4.78 is 0. The average Bonchev–Trinajstić information content (AvgIpc) is 1.82. The van der Waals surface area contributed by atoms with E-state index in [0.29, 0.717) is 6.54 Å². The van der Waals surface area contributed by atoms with Gasteiger partial charge in [0.1, 0.15) is 0 Å². The summed E-state index contributed by atoms with van der Waals surface area (Å²) in [6.45, 7) is 3.71. The Labute approximate surface area is 59.1 Å². The van der Waals surface area contributed by atoms with Gasteiger partial charge in [0.15, 0.2) is 0 Å². The first-order chi connectivity index (χ1) is 4.66. The van der Waals surface area contributed by atoms with Crippen LogP contribution < -0.4 is 16.2 Å². The van der Waals surface area contributed by atoms with Gasteiger partial charge in [-0.3, -0.25) is 15.5 Å². The molecule has 0 aliphatic rings. The molecule has 0 heterocycles. The lowest BCUT2D eigenvalue weighted by Gasteiger charge is -2.02. The van der Waals surface area contributed by atoms with Crippen molar-refractivity contribution in [3.8, 4) is 0 Å². The van der Waals surface area contributed by atoms with E-state index in [1.165, 1.54) is 6.92 Å². The molecule has 0 rings (SSSR count). The fourth-order valence-electron chi connectivity index (χ4n) is 0.360. The van der Waals surface area contributed by atoms with Crippen LogP contribution in [-0.4, -0.2) is 18.5 Å². The number of nitrogens with one attached hydrogen (secondary N) is 3. The van der Waals surface area contributed by atoms with Crippen LogP contribution in [0, 0.1) is 0 Å². The smallest absolute Gasteiger partial charge is 0.277 e. The summed E-state index contributed by atoms with van der Waals surface area (Å²) in [4.78, 5) is 20.7. The third-order valence-electron chi connectivity index (χ3n) is 0.668. The molecule has 3 N–H and O–H groups in total. The number of urea groups is 1. The number of hydrogen-bond acceptors (Lipinski definition) is 3. The normalized spacial score (nSPS) is 8.60. The van der Waals surface area contributed by atoms with Gasteiger partial charge in [0.2, 0.25) is 5.91 Å². The molecule has 0 bridgehead atoms. The lowest BCUT2D eigenvalue weighted by molar-refractivity contribution is -0.117. The Morgan fingerprint density at radius 3 is 2.40 bits per heavy atom. The Bertz CT molecular complexity index is 135. The van der Waals surface area contributed by atoms with Crippen LogP contribution in [0.5, 0.6) is 0 Å². The molecule has 0 aromatic rings. The number of carbonyl (C=O) groups excluding carboxylic acids is 2. The number of hydrogen-bond donors (Lipinski definition) is 3. The average molecular weight is 145 g/mol. The van der Waals surface area contributed by atoms with Crippen molar-refractivity contribution in [2.75, 3.05) is 6.54 Å². The summed E-state index contributed by atoms with van der Waals surface area (Å²) in [5, 5.41) is 2.03. The predicted molar refractivity (Wildman–Crippen MR) is 36.0 cm³/mol. The van der Waals surface area contributed by atoms with Crippen molar-refractivity contribution in [1.82, 2.24) is 16.2 Å². The zero-order valence-corrected chi connectivity index (χ0v) is 6.02. The first-order valence-electron chi connectivity index (χ1n) is 2.97. The Hall–Kier alpha value is -1.10. The maximum atomic E-state index is 10.5. The summed E-state index contributed by atoms with van der Waals surface area (Å²) >= 11 is 0. The molecule has 0 atom stereocenters. The monoisotopic (exact) mass is 145 g/mol. The minimum absolute atomic E-state index is 0.379. The van der Waals surface area contributed by atoms with E-state index in [4.69, 9.17) is 0 Å². The van der Waals surface area contributed by atoms with Crippen molar-refractivity contribution >= 4 is 11.9 Å². The molecule has 3 amide bonds. The van der Waals surface area contributed by atoms with E-state index in [1.54, 1.807) is 0 Å². The predicted octanol–water partition coefficient (Wildman–Crippen LogP) is -0.643. The van der Waals surface area contributed by atoms with E-state index in [2.05, 4.69) is 10.9 Å². The molecular weight excluding hydrogens is 134 g/mol. The maximum absolute atomic E-state index is 10.5. The minimum atomic E-state index is -0.533. The lowest BCUT2D eigenvalue weighted by atomic mass is 10.7. The van der Waals surface area contributed by atoms with Crippen molar-refractivity contribution in [3.63, 3.8) is 0 Å². The number of hydrazine groups is 1. The van der Waals surface area contributed by atoms with E-state index in [-0.39, 0.29) is 5.91 Å². The summed E-state index contributed by atoms with van der Waals surface area (Å²) in [5.74, 6) is -0.379. The first-order valence-corrected chi connectivity index (χ1v) is 2.97. The van der Waals surface area contributed by atoms with Crippen LogP contribution in [0.15, 0.2) is 0 Å². The second kappa shape index (κ2) is 4.75. The second-order valence-electron chi connectivity index (χ2n) is 1.67. The maximum Gasteiger partial charge on any atom is 0.335 e. The second-order valence-corrected chi connectivity index (χ2v) is 1.67. The van der Waals surface area contributed by atoms with Gasteiger partial charge in [0.25, 0.3) is 0 Å². The van der Waals surface area contributed by atoms with Crippen LogP contribution in [0.2, 0.25) is 0 Å². The van der Waals surface area contributed by atoms with E-state index >= 15 is 0 Å². The minimum Gasteiger partial charge on any atom is -0.277 e. The highest BCUT2D eigenvalue weighted by atomic mass is 16.2. The quantitative estimate of drug-likeness (QED) is 0.452. The van der Waals surface area contributed by atoms with Gasteiger partial charge in [-0.25, -0.2) is 10.2 Å². The Balaban J connectivity index is 3.35. The van der Waals surface area contributed by atoms with Gasteiger partial charge in [-0.15, -0.1) is 0 Å². The Kier molecular flexibility index (Phi) is 4.23. The number of amides is 3. The molecule has 0 radical (unpaired) electrons. The molecule has 0 spiro atoms. The molecule has 0 saturated heterocycles. The van der Waals surface area contributed by atoms with Crippen LogP contribution in [0.1, 0.15) is 13.8 Å². The van der Waals surface area contributed by atoms with Crippen LogP contribution >= 0.6 is 0 Å². The third kappa shape index (κ3) is 5.04. The summed E-state index contributed by atoms with van der Waals surface area (Å²) in [6, 6.07) is -0.533. The van der Waals surface area contributed by atoms with Gasteiger partial charge in [-0.05, 0) is 0 Å².